The van der Waals surface area contributed by atoms with Crippen LogP contribution in [0.2, 0.25) is 0 Å². The maximum Gasteiger partial charge on any atom is 0.243 e. The zero-order valence-electron chi connectivity index (χ0n) is 19.4. The van der Waals surface area contributed by atoms with Gasteiger partial charge in [0.05, 0.1) is 16.5 Å². The number of benzene rings is 2. The van der Waals surface area contributed by atoms with Crippen LogP contribution in [0.25, 0.3) is 11.4 Å². The first-order valence-electron chi connectivity index (χ1n) is 11.0. The predicted molar refractivity (Wildman–Crippen MR) is 131 cm³/mol. The quantitative estimate of drug-likeness (QED) is 0.385. The van der Waals surface area contributed by atoms with Crippen LogP contribution in [0.15, 0.2) is 58.6 Å². The van der Waals surface area contributed by atoms with Gasteiger partial charge in [0.2, 0.25) is 10.0 Å². The molecule has 0 aliphatic heterocycles. The zero-order valence-corrected chi connectivity index (χ0v) is 21.0. The fourth-order valence-electron chi connectivity index (χ4n) is 3.54. The van der Waals surface area contributed by atoms with Gasteiger partial charge < -0.3 is 4.57 Å². The Kier molecular flexibility index (Phi) is 8.30. The Morgan fingerprint density at radius 2 is 1.82 bits per heavy atom. The number of hydrogen-bond acceptors (Lipinski definition) is 6. The molecule has 1 heterocycles. The molecule has 2 aromatic carbocycles. The third kappa shape index (κ3) is 5.64. The van der Waals surface area contributed by atoms with E-state index in [0.717, 1.165) is 10.7 Å². The maximum atomic E-state index is 13.0. The van der Waals surface area contributed by atoms with E-state index in [2.05, 4.69) is 30.1 Å². The van der Waals surface area contributed by atoms with Crippen molar-refractivity contribution in [2.45, 2.75) is 50.0 Å². The summed E-state index contributed by atoms with van der Waals surface area (Å²) in [6.07, 6.45) is 0. The molecule has 174 valence electrons. The summed E-state index contributed by atoms with van der Waals surface area (Å²) < 4.78 is 29.5. The van der Waals surface area contributed by atoms with E-state index in [1.807, 2.05) is 48.7 Å². The third-order valence-electron chi connectivity index (χ3n) is 5.19. The molecule has 0 unspecified atom stereocenters. The maximum absolute atomic E-state index is 13.0. The Balaban J connectivity index is 1.97. The molecule has 9 heteroatoms. The highest BCUT2D eigenvalue weighted by atomic mass is 32.2. The Labute approximate surface area is 200 Å². The molecule has 0 bridgehead atoms. The molecule has 0 spiro atoms. The van der Waals surface area contributed by atoms with Gasteiger partial charge >= 0.3 is 0 Å². The molecule has 0 radical (unpaired) electrons. The molecule has 1 aromatic heterocycles. The Bertz CT molecular complexity index is 1240. The molecule has 0 aliphatic rings. The van der Waals surface area contributed by atoms with Crippen molar-refractivity contribution in [3.63, 3.8) is 0 Å². The van der Waals surface area contributed by atoms with Crippen molar-refractivity contribution >= 4 is 21.8 Å². The summed E-state index contributed by atoms with van der Waals surface area (Å²) in [7, 11) is -3.57. The van der Waals surface area contributed by atoms with Gasteiger partial charge in [0.1, 0.15) is 0 Å². The van der Waals surface area contributed by atoms with Gasteiger partial charge in [-0.25, -0.2) is 8.42 Å². The van der Waals surface area contributed by atoms with E-state index in [4.69, 9.17) is 0 Å². The lowest BCUT2D eigenvalue weighted by molar-refractivity contribution is 0.445. The smallest absolute Gasteiger partial charge is 0.243 e. The molecule has 0 saturated carbocycles. The van der Waals surface area contributed by atoms with Crippen LogP contribution in [0.1, 0.15) is 38.8 Å². The topological polar surface area (TPSA) is 91.9 Å². The SMILES string of the molecule is CCN(CC)S(=O)(=O)c1cccc(-c2nnc(SCc3ccccc3C#N)n2CC(C)C)c1. The monoisotopic (exact) mass is 483 g/mol. The van der Waals surface area contributed by atoms with E-state index in [1.54, 1.807) is 18.2 Å². The molecule has 0 atom stereocenters. The molecule has 3 aromatic rings. The van der Waals surface area contributed by atoms with Gasteiger partial charge in [0, 0.05) is 31.0 Å². The summed E-state index contributed by atoms with van der Waals surface area (Å²) in [6.45, 7) is 9.41. The van der Waals surface area contributed by atoms with Crippen molar-refractivity contribution < 1.29 is 8.42 Å². The van der Waals surface area contributed by atoms with Crippen LogP contribution in [-0.4, -0.2) is 40.6 Å². The summed E-state index contributed by atoms with van der Waals surface area (Å²) in [5, 5.41) is 18.9. The van der Waals surface area contributed by atoms with Gasteiger partial charge in [-0.2, -0.15) is 9.57 Å². The molecule has 7 nitrogen and oxygen atoms in total. The molecule has 0 aliphatic carbocycles. The van der Waals surface area contributed by atoms with E-state index in [9.17, 15) is 13.7 Å². The molecule has 3 rings (SSSR count). The minimum atomic E-state index is -3.57. The highest BCUT2D eigenvalue weighted by Gasteiger charge is 2.23. The highest BCUT2D eigenvalue weighted by Crippen LogP contribution is 2.29. The van der Waals surface area contributed by atoms with Crippen molar-refractivity contribution in [3.8, 4) is 17.5 Å². The number of thioether (sulfide) groups is 1. The van der Waals surface area contributed by atoms with Gasteiger partial charge in [0.15, 0.2) is 11.0 Å². The van der Waals surface area contributed by atoms with E-state index in [1.165, 1.54) is 16.1 Å². The second kappa shape index (κ2) is 11.0. The lowest BCUT2D eigenvalue weighted by Gasteiger charge is -2.19. The molecular formula is C24H29N5O2S2. The average Bonchev–Trinajstić information content (AvgIpc) is 3.20. The van der Waals surface area contributed by atoms with Gasteiger partial charge in [-0.3, -0.25) is 0 Å². The molecule has 0 fully saturated rings. The number of nitriles is 1. The van der Waals surface area contributed by atoms with Crippen LogP contribution >= 0.6 is 11.8 Å². The first-order valence-corrected chi connectivity index (χ1v) is 13.4. The Morgan fingerprint density at radius 3 is 2.48 bits per heavy atom. The standard InChI is InChI=1S/C24H29N5O2S2/c1-5-28(6-2)33(30,31)22-13-9-12-19(14-22)23-26-27-24(29(23)16-18(3)4)32-17-21-11-8-7-10-20(21)15-25/h7-14,18H,5-6,16-17H2,1-4H3. The van der Waals surface area contributed by atoms with Gasteiger partial charge in [-0.15, -0.1) is 10.2 Å². The second-order valence-electron chi connectivity index (χ2n) is 7.99. The van der Waals surface area contributed by atoms with Crippen LogP contribution in [0.4, 0.5) is 0 Å². The number of aromatic nitrogens is 3. The van der Waals surface area contributed by atoms with Crippen LogP contribution in [0, 0.1) is 17.2 Å². The Hall–Kier alpha value is -2.67. The van der Waals surface area contributed by atoms with Gasteiger partial charge in [0.25, 0.3) is 0 Å². The summed E-state index contributed by atoms with van der Waals surface area (Å²) in [5.41, 5.74) is 2.30. The van der Waals surface area contributed by atoms with Crippen LogP contribution in [-0.2, 0) is 22.3 Å². The predicted octanol–water partition coefficient (Wildman–Crippen LogP) is 4.80. The van der Waals surface area contributed by atoms with Crippen LogP contribution in [0.5, 0.6) is 0 Å². The van der Waals surface area contributed by atoms with E-state index >= 15 is 0 Å². The lowest BCUT2D eigenvalue weighted by Crippen LogP contribution is -2.30. The minimum Gasteiger partial charge on any atom is -0.302 e. The van der Waals surface area contributed by atoms with E-state index in [0.29, 0.717) is 48.3 Å². The van der Waals surface area contributed by atoms with Gasteiger partial charge in [-0.1, -0.05) is 69.8 Å². The van der Waals surface area contributed by atoms with Gasteiger partial charge in [-0.05, 0) is 29.7 Å². The molecular weight excluding hydrogens is 454 g/mol. The van der Waals surface area contributed by atoms with E-state index < -0.39 is 10.0 Å². The summed E-state index contributed by atoms with van der Waals surface area (Å²) in [6, 6.07) is 16.7. The molecule has 0 saturated heterocycles. The second-order valence-corrected chi connectivity index (χ2v) is 10.9. The van der Waals surface area contributed by atoms with Crippen molar-refractivity contribution in [1.82, 2.24) is 19.1 Å². The Morgan fingerprint density at radius 1 is 1.09 bits per heavy atom. The first-order chi connectivity index (χ1) is 15.8. The zero-order chi connectivity index (χ0) is 24.0. The fourth-order valence-corrected chi connectivity index (χ4v) is 6.00. The van der Waals surface area contributed by atoms with Crippen molar-refractivity contribution in [3.05, 3.63) is 59.7 Å². The number of nitrogens with zero attached hydrogens (tertiary/aromatic N) is 5. The number of rotatable bonds is 10. The average molecular weight is 484 g/mol. The van der Waals surface area contributed by atoms with Crippen LogP contribution < -0.4 is 0 Å². The third-order valence-corrected chi connectivity index (χ3v) is 8.26. The molecule has 0 N–H and O–H groups in total. The first kappa shape index (κ1) is 25.0. The number of hydrogen-bond donors (Lipinski definition) is 0. The lowest BCUT2D eigenvalue weighted by atomic mass is 10.1. The summed E-state index contributed by atoms with van der Waals surface area (Å²) in [4.78, 5) is 0.250. The van der Waals surface area contributed by atoms with Crippen LogP contribution in [0.3, 0.4) is 0 Å². The fraction of sp³-hybridized carbons (Fsp3) is 0.375. The summed E-state index contributed by atoms with van der Waals surface area (Å²) in [5.74, 6) is 1.57. The molecule has 33 heavy (non-hydrogen) atoms. The summed E-state index contributed by atoms with van der Waals surface area (Å²) >= 11 is 1.52. The highest BCUT2D eigenvalue weighted by molar-refractivity contribution is 7.98. The van der Waals surface area contributed by atoms with E-state index in [-0.39, 0.29) is 4.90 Å². The normalized spacial score (nSPS) is 11.8. The largest absolute Gasteiger partial charge is 0.302 e. The van der Waals surface area contributed by atoms with Crippen molar-refractivity contribution in [2.75, 3.05) is 13.1 Å². The number of sulfonamides is 1. The van der Waals surface area contributed by atoms with Crippen molar-refractivity contribution in [1.29, 1.82) is 5.26 Å². The molecule has 0 amide bonds. The minimum absolute atomic E-state index is 0.250. The van der Waals surface area contributed by atoms with Crippen molar-refractivity contribution in [2.24, 2.45) is 5.92 Å².